The zero-order chi connectivity index (χ0) is 26.8. The number of nitrogens with one attached hydrogen (secondary N) is 2. The van der Waals surface area contributed by atoms with E-state index in [1.165, 1.54) is 6.07 Å². The number of ether oxygens (including phenoxy) is 1. The van der Waals surface area contributed by atoms with Crippen LogP contribution in [-0.4, -0.2) is 45.0 Å². The number of allylic oxidation sites excluding steroid dienone is 2. The molecule has 0 fully saturated rings. The van der Waals surface area contributed by atoms with Crippen LogP contribution in [0.3, 0.4) is 0 Å². The number of amides is 1. The van der Waals surface area contributed by atoms with Crippen LogP contribution in [0.25, 0.3) is 33.2 Å². The molecule has 0 aliphatic heterocycles. The van der Waals surface area contributed by atoms with Crippen molar-refractivity contribution in [2.24, 2.45) is 0 Å². The highest BCUT2D eigenvalue weighted by molar-refractivity contribution is 6.24. The van der Waals surface area contributed by atoms with Gasteiger partial charge in [-0.15, -0.1) is 0 Å². The third-order valence-electron chi connectivity index (χ3n) is 6.33. The zero-order valence-corrected chi connectivity index (χ0v) is 21.1. The van der Waals surface area contributed by atoms with Crippen LogP contribution in [0.1, 0.15) is 70.9 Å². The van der Waals surface area contributed by atoms with Gasteiger partial charge in [0.05, 0.1) is 29.1 Å². The van der Waals surface area contributed by atoms with E-state index in [0.717, 1.165) is 35.2 Å². The Labute approximate surface area is 218 Å². The molecule has 38 heavy (non-hydrogen) atoms. The van der Waals surface area contributed by atoms with Crippen molar-refractivity contribution in [3.63, 3.8) is 0 Å². The van der Waals surface area contributed by atoms with Gasteiger partial charge in [-0.1, -0.05) is 38.5 Å². The van der Waals surface area contributed by atoms with Crippen molar-refractivity contribution >= 4 is 45.2 Å². The third kappa shape index (κ3) is 4.58. The number of hydrogen-bond donors (Lipinski definition) is 2. The number of benzene rings is 1. The summed E-state index contributed by atoms with van der Waals surface area (Å²) in [5, 5.41) is 4.17. The fourth-order valence-corrected chi connectivity index (χ4v) is 4.42. The largest absolute Gasteiger partial charge is 0.461 e. The number of fused-ring (bicyclic) bond motifs is 4. The molecule has 192 valence electrons. The number of carbonyl (C=O) groups is 4. The van der Waals surface area contributed by atoms with Gasteiger partial charge in [-0.25, -0.2) is 14.8 Å². The maximum Gasteiger partial charge on any atom is 0.356 e. The molecule has 0 atom stereocenters. The van der Waals surface area contributed by atoms with Crippen LogP contribution in [0, 0.1) is 0 Å². The quantitative estimate of drug-likeness (QED) is 0.254. The van der Waals surface area contributed by atoms with Gasteiger partial charge in [0, 0.05) is 28.8 Å². The summed E-state index contributed by atoms with van der Waals surface area (Å²) in [7, 11) is 0. The molecule has 0 spiro atoms. The fraction of sp³-hybridized carbons (Fsp3) is 0.241. The smallest absolute Gasteiger partial charge is 0.356 e. The van der Waals surface area contributed by atoms with Gasteiger partial charge in [-0.3, -0.25) is 14.4 Å². The first-order chi connectivity index (χ1) is 18.4. The summed E-state index contributed by atoms with van der Waals surface area (Å²) in [6, 6.07) is 12.4. The average molecular weight is 511 g/mol. The molecule has 9 nitrogen and oxygen atoms in total. The number of aromatic nitrogens is 3. The van der Waals surface area contributed by atoms with Gasteiger partial charge in [0.15, 0.2) is 5.78 Å². The van der Waals surface area contributed by atoms with E-state index >= 15 is 0 Å². The predicted molar refractivity (Wildman–Crippen MR) is 142 cm³/mol. The summed E-state index contributed by atoms with van der Waals surface area (Å²) in [4.78, 5) is 63.3. The molecule has 1 aliphatic carbocycles. The molecule has 1 amide bonds. The molecule has 0 bridgehead atoms. The molecule has 0 radical (unpaired) electrons. The summed E-state index contributed by atoms with van der Waals surface area (Å²) >= 11 is 0. The summed E-state index contributed by atoms with van der Waals surface area (Å²) in [6.07, 6.45) is 3.57. The molecule has 4 aromatic rings. The van der Waals surface area contributed by atoms with Crippen molar-refractivity contribution < 1.29 is 23.9 Å². The highest BCUT2D eigenvalue weighted by Crippen LogP contribution is 2.33. The summed E-state index contributed by atoms with van der Waals surface area (Å²) < 4.78 is 5.41. The van der Waals surface area contributed by atoms with Crippen LogP contribution < -0.4 is 5.32 Å². The first-order valence-electron chi connectivity index (χ1n) is 12.6. The Morgan fingerprint density at radius 2 is 1.79 bits per heavy atom. The SMILES string of the molecule is CCCCOC(=O)c1cc2c([nH]c3ccccc32)c(-c2ccc3c(n2)C(=O)C(NC(=O)CCC)=CC3=O)n1. The number of aromatic amines is 1. The molecule has 0 unspecified atom stereocenters. The average Bonchev–Trinajstić information content (AvgIpc) is 3.29. The molecule has 0 saturated carbocycles. The summed E-state index contributed by atoms with van der Waals surface area (Å²) in [6.45, 7) is 4.13. The summed E-state index contributed by atoms with van der Waals surface area (Å²) in [5.74, 6) is -1.90. The molecular weight excluding hydrogens is 484 g/mol. The topological polar surface area (TPSA) is 131 Å². The first kappa shape index (κ1) is 25.0. The number of Topliss-reactive ketones (excluding diaryl/α,β-unsaturated/α-hetero) is 1. The maximum absolute atomic E-state index is 13.2. The second-order valence-electron chi connectivity index (χ2n) is 9.08. The van der Waals surface area contributed by atoms with E-state index < -0.39 is 17.5 Å². The molecule has 3 heterocycles. The van der Waals surface area contributed by atoms with Crippen molar-refractivity contribution in [2.75, 3.05) is 6.61 Å². The van der Waals surface area contributed by atoms with E-state index in [0.29, 0.717) is 23.3 Å². The Balaban J connectivity index is 1.63. The van der Waals surface area contributed by atoms with Crippen LogP contribution in [0.2, 0.25) is 0 Å². The Morgan fingerprint density at radius 3 is 2.58 bits per heavy atom. The van der Waals surface area contributed by atoms with Gasteiger partial charge >= 0.3 is 5.97 Å². The number of rotatable bonds is 8. The fourth-order valence-electron chi connectivity index (χ4n) is 4.42. The Hall–Kier alpha value is -4.66. The van der Waals surface area contributed by atoms with Gasteiger partial charge in [0.1, 0.15) is 17.1 Å². The van der Waals surface area contributed by atoms with E-state index in [4.69, 9.17) is 4.74 Å². The van der Waals surface area contributed by atoms with Crippen molar-refractivity contribution in [1.82, 2.24) is 20.3 Å². The molecule has 9 heteroatoms. The van der Waals surface area contributed by atoms with Gasteiger partial charge < -0.3 is 15.0 Å². The van der Waals surface area contributed by atoms with Gasteiger partial charge in [0.2, 0.25) is 11.7 Å². The molecule has 3 aromatic heterocycles. The number of H-pyrrole nitrogens is 1. The highest BCUT2D eigenvalue weighted by Gasteiger charge is 2.29. The number of ketones is 2. The lowest BCUT2D eigenvalue weighted by Gasteiger charge is -2.16. The molecule has 0 saturated heterocycles. The minimum absolute atomic E-state index is 0.0798. The van der Waals surface area contributed by atoms with E-state index in [1.54, 1.807) is 12.1 Å². The minimum Gasteiger partial charge on any atom is -0.461 e. The van der Waals surface area contributed by atoms with Crippen LogP contribution in [0.4, 0.5) is 0 Å². The van der Waals surface area contributed by atoms with Crippen LogP contribution in [-0.2, 0) is 9.53 Å². The van der Waals surface area contributed by atoms with Crippen molar-refractivity contribution in [2.45, 2.75) is 39.5 Å². The van der Waals surface area contributed by atoms with E-state index in [-0.39, 0.29) is 41.6 Å². The molecular formula is C29H26N4O5. The van der Waals surface area contributed by atoms with Crippen LogP contribution in [0.15, 0.2) is 54.2 Å². The van der Waals surface area contributed by atoms with Crippen LogP contribution in [0.5, 0.6) is 0 Å². The number of unbranched alkanes of at least 4 members (excludes halogenated alkanes) is 1. The van der Waals surface area contributed by atoms with Crippen LogP contribution >= 0.6 is 0 Å². The second kappa shape index (κ2) is 10.4. The Morgan fingerprint density at radius 1 is 0.974 bits per heavy atom. The van der Waals surface area contributed by atoms with Crippen molar-refractivity contribution in [3.05, 3.63) is 71.2 Å². The minimum atomic E-state index is -0.561. The third-order valence-corrected chi connectivity index (χ3v) is 6.33. The Bertz CT molecular complexity index is 1650. The number of esters is 1. The summed E-state index contributed by atoms with van der Waals surface area (Å²) in [5.41, 5.74) is 2.17. The molecule has 2 N–H and O–H groups in total. The molecule has 5 rings (SSSR count). The highest BCUT2D eigenvalue weighted by atomic mass is 16.5. The molecule has 1 aliphatic rings. The maximum atomic E-state index is 13.2. The van der Waals surface area contributed by atoms with Gasteiger partial charge in [0.25, 0.3) is 0 Å². The lowest BCUT2D eigenvalue weighted by Crippen LogP contribution is -2.31. The van der Waals surface area contributed by atoms with E-state index in [2.05, 4.69) is 20.3 Å². The predicted octanol–water partition coefficient (Wildman–Crippen LogP) is 4.91. The van der Waals surface area contributed by atoms with Crippen molar-refractivity contribution in [3.8, 4) is 11.4 Å². The Kier molecular flexibility index (Phi) is 6.83. The first-order valence-corrected chi connectivity index (χ1v) is 12.6. The lowest BCUT2D eigenvalue weighted by molar-refractivity contribution is -0.120. The van der Waals surface area contributed by atoms with E-state index in [1.807, 2.05) is 38.1 Å². The monoisotopic (exact) mass is 510 g/mol. The number of carbonyl (C=O) groups excluding carboxylic acids is 4. The zero-order valence-electron chi connectivity index (χ0n) is 21.1. The van der Waals surface area contributed by atoms with Gasteiger partial charge in [-0.05, 0) is 37.1 Å². The lowest BCUT2D eigenvalue weighted by atomic mass is 9.96. The standard InChI is InChI=1S/C29H26N4O5/c1-3-5-13-38-29(37)22-14-18-16-9-6-7-10-19(16)31-25(18)27(33-22)20-12-11-17-23(34)15-21(28(36)26(17)32-20)30-24(35)8-4-2/h6-7,9-12,14-15,31H,3-5,8,13H2,1-2H3,(H,30,35). The normalized spacial score (nSPS) is 12.9. The molecule has 1 aromatic carbocycles. The van der Waals surface area contributed by atoms with E-state index in [9.17, 15) is 19.2 Å². The number of nitrogens with zero attached hydrogens (tertiary/aromatic N) is 2. The number of para-hydroxylation sites is 1. The number of pyridine rings is 2. The second-order valence-corrected chi connectivity index (χ2v) is 9.08. The van der Waals surface area contributed by atoms with Crippen molar-refractivity contribution in [1.29, 1.82) is 0 Å². The number of hydrogen-bond acceptors (Lipinski definition) is 7. The van der Waals surface area contributed by atoms with Gasteiger partial charge in [-0.2, -0.15) is 0 Å².